The maximum atomic E-state index is 11.5. The Kier molecular flexibility index (Phi) is 4.24. The summed E-state index contributed by atoms with van der Waals surface area (Å²) < 4.78 is 0. The van der Waals surface area contributed by atoms with E-state index in [1.807, 2.05) is 13.8 Å². The molecule has 4 nitrogen and oxygen atoms in total. The molecule has 3 N–H and O–H groups in total. The number of aromatic nitrogens is 1. The Balaban J connectivity index is 2.44. The number of nitrogens with two attached hydrogens (primary N) is 1. The number of hydrogen-bond donors (Lipinski definition) is 2. The lowest BCUT2D eigenvalue weighted by Crippen LogP contribution is -2.40. The molecule has 1 amide bonds. The highest BCUT2D eigenvalue weighted by Gasteiger charge is 2.10. The number of hydrogen-bond acceptors (Lipinski definition) is 3. The molecule has 0 bridgehead atoms. The summed E-state index contributed by atoms with van der Waals surface area (Å²) in [5.74, 6) is 0.181. The number of rotatable bonds is 4. The summed E-state index contributed by atoms with van der Waals surface area (Å²) in [6.07, 6.45) is 1.59. The van der Waals surface area contributed by atoms with E-state index >= 15 is 0 Å². The van der Waals surface area contributed by atoms with Crippen LogP contribution in [-0.2, 0) is 0 Å². The lowest BCUT2D eigenvalue weighted by atomic mass is 10.1. The van der Waals surface area contributed by atoms with Gasteiger partial charge in [0.25, 0.3) is 5.91 Å². The fraction of sp³-hybridized carbons (Fsp3) is 0.455. The van der Waals surface area contributed by atoms with Crippen molar-refractivity contribution >= 4 is 5.91 Å². The summed E-state index contributed by atoms with van der Waals surface area (Å²) in [6, 6.07) is 5.22. The summed E-state index contributed by atoms with van der Waals surface area (Å²) in [5.41, 5.74) is 6.23. The molecule has 0 saturated carbocycles. The molecule has 1 aromatic rings. The molecular formula is C11H17N3O. The molecule has 15 heavy (non-hydrogen) atoms. The van der Waals surface area contributed by atoms with E-state index in [0.29, 0.717) is 18.2 Å². The van der Waals surface area contributed by atoms with Gasteiger partial charge in [0, 0.05) is 18.8 Å². The second-order valence-corrected chi connectivity index (χ2v) is 3.83. The first-order chi connectivity index (χ1) is 7.11. The van der Waals surface area contributed by atoms with Crippen molar-refractivity contribution in [2.75, 3.05) is 6.54 Å². The first-order valence-electron chi connectivity index (χ1n) is 5.06. The Labute approximate surface area is 89.9 Å². The number of nitrogens with one attached hydrogen (secondary N) is 1. The predicted octanol–water partition coefficient (Wildman–Crippen LogP) is 0.795. The minimum absolute atomic E-state index is 0.0161. The smallest absolute Gasteiger partial charge is 0.269 e. The lowest BCUT2D eigenvalue weighted by Gasteiger charge is -2.15. The Morgan fingerprint density at radius 2 is 2.27 bits per heavy atom. The molecule has 0 aromatic carbocycles. The van der Waals surface area contributed by atoms with E-state index in [1.54, 1.807) is 24.4 Å². The van der Waals surface area contributed by atoms with Gasteiger partial charge in [0.2, 0.25) is 0 Å². The van der Waals surface area contributed by atoms with Crippen LogP contribution in [-0.4, -0.2) is 23.5 Å². The van der Waals surface area contributed by atoms with Gasteiger partial charge in [-0.3, -0.25) is 9.78 Å². The number of pyridine rings is 1. The summed E-state index contributed by atoms with van der Waals surface area (Å²) in [4.78, 5) is 15.5. The number of nitrogens with zero attached hydrogens (tertiary/aromatic N) is 1. The van der Waals surface area contributed by atoms with Crippen molar-refractivity contribution < 1.29 is 4.79 Å². The van der Waals surface area contributed by atoms with Crippen LogP contribution >= 0.6 is 0 Å². The van der Waals surface area contributed by atoms with Crippen LogP contribution in [0.4, 0.5) is 0 Å². The molecular weight excluding hydrogens is 190 g/mol. The Morgan fingerprint density at radius 3 is 2.80 bits per heavy atom. The van der Waals surface area contributed by atoms with E-state index in [-0.39, 0.29) is 11.9 Å². The summed E-state index contributed by atoms with van der Waals surface area (Å²) >= 11 is 0. The molecule has 1 heterocycles. The van der Waals surface area contributed by atoms with E-state index in [0.717, 1.165) is 0 Å². The zero-order valence-corrected chi connectivity index (χ0v) is 9.10. The van der Waals surface area contributed by atoms with Gasteiger partial charge in [0.05, 0.1) is 0 Å². The molecule has 0 aliphatic carbocycles. The summed E-state index contributed by atoms with van der Waals surface area (Å²) in [7, 11) is 0. The van der Waals surface area contributed by atoms with Crippen molar-refractivity contribution in [1.82, 2.24) is 10.3 Å². The van der Waals surface area contributed by atoms with Crippen molar-refractivity contribution in [3.63, 3.8) is 0 Å². The minimum Gasteiger partial charge on any atom is -0.349 e. The van der Waals surface area contributed by atoms with Gasteiger partial charge >= 0.3 is 0 Å². The van der Waals surface area contributed by atoms with Crippen LogP contribution in [0.15, 0.2) is 24.4 Å². The standard InChI is InChI=1S/C11H17N3O/c1-8(2)9(12)7-14-11(15)10-5-3-4-6-13-10/h3-6,8-9H,7,12H2,1-2H3,(H,14,15). The largest absolute Gasteiger partial charge is 0.349 e. The second-order valence-electron chi connectivity index (χ2n) is 3.83. The molecule has 0 aliphatic rings. The first-order valence-corrected chi connectivity index (χ1v) is 5.06. The number of carbonyl (C=O) groups excluding carboxylic acids is 1. The van der Waals surface area contributed by atoms with Crippen molar-refractivity contribution in [2.24, 2.45) is 11.7 Å². The van der Waals surface area contributed by atoms with E-state index in [9.17, 15) is 4.79 Å². The zero-order valence-electron chi connectivity index (χ0n) is 9.10. The quantitative estimate of drug-likeness (QED) is 0.767. The fourth-order valence-corrected chi connectivity index (χ4v) is 1.03. The molecule has 0 fully saturated rings. The lowest BCUT2D eigenvalue weighted by molar-refractivity contribution is 0.0944. The summed E-state index contributed by atoms with van der Waals surface area (Å²) in [6.45, 7) is 4.53. The van der Waals surface area contributed by atoms with Gasteiger partial charge in [0.15, 0.2) is 0 Å². The average Bonchev–Trinajstić information content (AvgIpc) is 2.26. The highest BCUT2D eigenvalue weighted by molar-refractivity contribution is 5.92. The molecule has 1 atom stereocenters. The van der Waals surface area contributed by atoms with Crippen LogP contribution in [0.25, 0.3) is 0 Å². The molecule has 4 heteroatoms. The molecule has 1 rings (SSSR count). The van der Waals surface area contributed by atoms with Gasteiger partial charge in [-0.05, 0) is 18.1 Å². The van der Waals surface area contributed by atoms with Crippen molar-refractivity contribution in [3.8, 4) is 0 Å². The molecule has 0 saturated heterocycles. The third-order valence-corrected chi connectivity index (χ3v) is 2.25. The molecule has 0 radical (unpaired) electrons. The first kappa shape index (κ1) is 11.7. The van der Waals surface area contributed by atoms with Gasteiger partial charge in [-0.25, -0.2) is 0 Å². The van der Waals surface area contributed by atoms with Crippen LogP contribution in [0.2, 0.25) is 0 Å². The van der Waals surface area contributed by atoms with Crippen LogP contribution in [0, 0.1) is 5.92 Å². The Hall–Kier alpha value is -1.42. The van der Waals surface area contributed by atoms with Crippen LogP contribution in [0.5, 0.6) is 0 Å². The molecule has 0 spiro atoms. The summed E-state index contributed by atoms with van der Waals surface area (Å²) in [5, 5.41) is 2.75. The maximum Gasteiger partial charge on any atom is 0.269 e. The normalized spacial score (nSPS) is 12.5. The zero-order chi connectivity index (χ0) is 11.3. The minimum atomic E-state index is -0.174. The number of amides is 1. The van der Waals surface area contributed by atoms with Gasteiger partial charge < -0.3 is 11.1 Å². The van der Waals surface area contributed by atoms with Gasteiger partial charge in [-0.2, -0.15) is 0 Å². The molecule has 82 valence electrons. The van der Waals surface area contributed by atoms with Crippen molar-refractivity contribution in [1.29, 1.82) is 0 Å². The van der Waals surface area contributed by atoms with Crippen molar-refractivity contribution in [3.05, 3.63) is 30.1 Å². The average molecular weight is 207 g/mol. The van der Waals surface area contributed by atoms with E-state index in [2.05, 4.69) is 10.3 Å². The number of carbonyl (C=O) groups is 1. The topological polar surface area (TPSA) is 68.0 Å². The molecule has 0 aliphatic heterocycles. The van der Waals surface area contributed by atoms with Crippen LogP contribution in [0.1, 0.15) is 24.3 Å². The SMILES string of the molecule is CC(C)C(N)CNC(=O)c1ccccn1. The monoisotopic (exact) mass is 207 g/mol. The third kappa shape index (κ3) is 3.67. The maximum absolute atomic E-state index is 11.5. The highest BCUT2D eigenvalue weighted by atomic mass is 16.1. The van der Waals surface area contributed by atoms with E-state index < -0.39 is 0 Å². The highest BCUT2D eigenvalue weighted by Crippen LogP contribution is 1.97. The Bertz CT molecular complexity index is 311. The van der Waals surface area contributed by atoms with E-state index in [4.69, 9.17) is 5.73 Å². The Morgan fingerprint density at radius 1 is 1.53 bits per heavy atom. The van der Waals surface area contributed by atoms with Crippen LogP contribution in [0.3, 0.4) is 0 Å². The molecule has 1 aromatic heterocycles. The fourth-order valence-electron chi connectivity index (χ4n) is 1.03. The van der Waals surface area contributed by atoms with Crippen LogP contribution < -0.4 is 11.1 Å². The molecule has 1 unspecified atom stereocenters. The van der Waals surface area contributed by atoms with E-state index in [1.165, 1.54) is 0 Å². The van der Waals surface area contributed by atoms with Gasteiger partial charge in [0.1, 0.15) is 5.69 Å². The second kappa shape index (κ2) is 5.46. The predicted molar refractivity (Wildman–Crippen MR) is 59.4 cm³/mol. The van der Waals surface area contributed by atoms with Gasteiger partial charge in [-0.1, -0.05) is 19.9 Å². The van der Waals surface area contributed by atoms with Gasteiger partial charge in [-0.15, -0.1) is 0 Å². The third-order valence-electron chi connectivity index (χ3n) is 2.25. The van der Waals surface area contributed by atoms with Crippen molar-refractivity contribution in [2.45, 2.75) is 19.9 Å².